The number of thiophene rings is 1. The lowest BCUT2D eigenvalue weighted by Crippen LogP contribution is -2.53. The van der Waals surface area contributed by atoms with Crippen molar-refractivity contribution in [2.75, 3.05) is 13.1 Å². The van der Waals surface area contributed by atoms with E-state index in [1.54, 1.807) is 11.3 Å². The average molecular weight is 301 g/mol. The van der Waals surface area contributed by atoms with E-state index in [1.165, 1.54) is 17.8 Å². The van der Waals surface area contributed by atoms with E-state index in [4.69, 9.17) is 11.6 Å². The van der Waals surface area contributed by atoms with Crippen molar-refractivity contribution in [1.82, 2.24) is 10.2 Å². The van der Waals surface area contributed by atoms with Gasteiger partial charge in [0.15, 0.2) is 0 Å². The molecule has 4 atom stereocenters. The molecule has 2 rings (SSSR count). The van der Waals surface area contributed by atoms with E-state index >= 15 is 0 Å². The minimum Gasteiger partial charge on any atom is -0.314 e. The molecule has 0 aliphatic carbocycles. The molecule has 1 aliphatic rings. The monoisotopic (exact) mass is 300 g/mol. The lowest BCUT2D eigenvalue weighted by molar-refractivity contribution is 0.0541. The Bertz CT molecular complexity index is 407. The van der Waals surface area contributed by atoms with Gasteiger partial charge in [-0.05, 0) is 44.9 Å². The number of nitrogens with zero attached hydrogens (tertiary/aromatic N) is 1. The third-order valence-electron chi connectivity index (χ3n) is 4.59. The van der Waals surface area contributed by atoms with Gasteiger partial charge in [-0.25, -0.2) is 0 Å². The van der Waals surface area contributed by atoms with Crippen molar-refractivity contribution >= 4 is 22.9 Å². The zero-order chi connectivity index (χ0) is 14.0. The second-order valence-electron chi connectivity index (χ2n) is 5.61. The Balaban J connectivity index is 2.05. The van der Waals surface area contributed by atoms with Crippen molar-refractivity contribution in [2.24, 2.45) is 5.92 Å². The van der Waals surface area contributed by atoms with Gasteiger partial charge in [0, 0.05) is 29.5 Å². The second kappa shape index (κ2) is 6.57. The summed E-state index contributed by atoms with van der Waals surface area (Å²) in [5.41, 5.74) is 0. The maximum atomic E-state index is 6.06. The highest BCUT2D eigenvalue weighted by Gasteiger charge is 2.34. The number of rotatable bonds is 4. The third-order valence-corrected chi connectivity index (χ3v) is 5.99. The zero-order valence-corrected chi connectivity index (χ0v) is 13.9. The smallest absolute Gasteiger partial charge is 0.0931 e. The van der Waals surface area contributed by atoms with Gasteiger partial charge in [-0.15, -0.1) is 11.3 Å². The van der Waals surface area contributed by atoms with Gasteiger partial charge in [0.25, 0.3) is 0 Å². The van der Waals surface area contributed by atoms with Crippen molar-refractivity contribution in [3.05, 3.63) is 21.3 Å². The molecule has 19 heavy (non-hydrogen) atoms. The Morgan fingerprint density at radius 1 is 1.47 bits per heavy atom. The van der Waals surface area contributed by atoms with Crippen LogP contribution in [0.4, 0.5) is 0 Å². The lowest BCUT2D eigenvalue weighted by atomic mass is 9.86. The molecule has 0 saturated carbocycles. The van der Waals surface area contributed by atoms with Crippen LogP contribution in [0.25, 0.3) is 0 Å². The van der Waals surface area contributed by atoms with Crippen LogP contribution in [-0.4, -0.2) is 30.1 Å². The van der Waals surface area contributed by atoms with Crippen molar-refractivity contribution in [3.8, 4) is 0 Å². The molecule has 1 N–H and O–H groups in total. The molecular formula is C15H25ClN2S. The van der Waals surface area contributed by atoms with E-state index in [0.717, 1.165) is 10.9 Å². The molecule has 4 unspecified atom stereocenters. The fourth-order valence-electron chi connectivity index (χ4n) is 3.21. The van der Waals surface area contributed by atoms with Crippen molar-refractivity contribution in [3.63, 3.8) is 0 Å². The molecule has 0 aromatic carbocycles. The van der Waals surface area contributed by atoms with Crippen LogP contribution in [-0.2, 0) is 0 Å². The number of halogens is 1. The first-order valence-electron chi connectivity index (χ1n) is 7.29. The van der Waals surface area contributed by atoms with E-state index in [0.29, 0.717) is 24.0 Å². The van der Waals surface area contributed by atoms with Gasteiger partial charge >= 0.3 is 0 Å². The van der Waals surface area contributed by atoms with E-state index in [2.05, 4.69) is 44.0 Å². The van der Waals surface area contributed by atoms with Crippen LogP contribution in [0.1, 0.15) is 45.0 Å². The molecule has 0 spiro atoms. The molecule has 1 aromatic heterocycles. The first-order valence-corrected chi connectivity index (χ1v) is 8.48. The third kappa shape index (κ3) is 3.33. The number of nitrogens with one attached hydrogen (secondary N) is 1. The van der Waals surface area contributed by atoms with E-state index in [1.807, 2.05) is 6.07 Å². The van der Waals surface area contributed by atoms with Crippen LogP contribution < -0.4 is 5.32 Å². The summed E-state index contributed by atoms with van der Waals surface area (Å²) in [7, 11) is 0. The van der Waals surface area contributed by atoms with Gasteiger partial charge in [0.1, 0.15) is 0 Å². The Labute approximate surface area is 126 Å². The van der Waals surface area contributed by atoms with Gasteiger partial charge < -0.3 is 5.32 Å². The molecule has 2 heterocycles. The fraction of sp³-hybridized carbons (Fsp3) is 0.733. The Morgan fingerprint density at radius 2 is 2.21 bits per heavy atom. The Kier molecular flexibility index (Phi) is 5.29. The second-order valence-corrected chi connectivity index (χ2v) is 7.35. The number of piperidine rings is 1. The zero-order valence-electron chi connectivity index (χ0n) is 12.3. The molecule has 0 radical (unpaired) electrons. The first-order chi connectivity index (χ1) is 9.04. The molecule has 1 fully saturated rings. The summed E-state index contributed by atoms with van der Waals surface area (Å²) in [5.74, 6) is 0.687. The summed E-state index contributed by atoms with van der Waals surface area (Å²) in [4.78, 5) is 4.01. The minimum atomic E-state index is 0.470. The molecule has 0 bridgehead atoms. The largest absolute Gasteiger partial charge is 0.314 e. The Hall–Kier alpha value is -0.0900. The quantitative estimate of drug-likeness (QED) is 0.898. The predicted octanol–water partition coefficient (Wildman–Crippen LogP) is 4.17. The van der Waals surface area contributed by atoms with Crippen LogP contribution in [0.15, 0.2) is 12.1 Å². The average Bonchev–Trinajstić information content (AvgIpc) is 2.81. The van der Waals surface area contributed by atoms with Crippen LogP contribution >= 0.6 is 22.9 Å². The summed E-state index contributed by atoms with van der Waals surface area (Å²) in [6, 6.07) is 5.92. The maximum absolute atomic E-state index is 6.06. The molecule has 1 saturated heterocycles. The normalized spacial score (nSPS) is 30.5. The van der Waals surface area contributed by atoms with Gasteiger partial charge in [-0.2, -0.15) is 0 Å². The van der Waals surface area contributed by atoms with Crippen LogP contribution in [0.3, 0.4) is 0 Å². The fourth-order valence-corrected chi connectivity index (χ4v) is 4.34. The van der Waals surface area contributed by atoms with Crippen molar-refractivity contribution in [1.29, 1.82) is 0 Å². The summed E-state index contributed by atoms with van der Waals surface area (Å²) < 4.78 is 0.894. The predicted molar refractivity (Wildman–Crippen MR) is 85.2 cm³/mol. The van der Waals surface area contributed by atoms with Gasteiger partial charge in [0.2, 0.25) is 0 Å². The minimum absolute atomic E-state index is 0.470. The van der Waals surface area contributed by atoms with Crippen LogP contribution in [0.2, 0.25) is 4.34 Å². The van der Waals surface area contributed by atoms with Gasteiger partial charge in [-0.1, -0.05) is 25.4 Å². The highest BCUT2D eigenvalue weighted by Crippen LogP contribution is 2.35. The maximum Gasteiger partial charge on any atom is 0.0931 e. The molecule has 2 nitrogen and oxygen atoms in total. The van der Waals surface area contributed by atoms with E-state index < -0.39 is 0 Å². The van der Waals surface area contributed by atoms with E-state index in [9.17, 15) is 0 Å². The number of hydrogen-bond acceptors (Lipinski definition) is 3. The van der Waals surface area contributed by atoms with Crippen molar-refractivity contribution < 1.29 is 0 Å². The summed E-state index contributed by atoms with van der Waals surface area (Å²) in [5, 5.41) is 3.62. The number of hydrogen-bond donors (Lipinski definition) is 1. The van der Waals surface area contributed by atoms with Crippen molar-refractivity contribution in [2.45, 2.75) is 52.2 Å². The number of likely N-dealkylation sites (tertiary alicyclic amines) is 1. The SMILES string of the molecule is CCNC1CCN(C(C)c2ccc(Cl)s2)C(C)C1C. The highest BCUT2D eigenvalue weighted by atomic mass is 35.5. The lowest BCUT2D eigenvalue weighted by Gasteiger charge is -2.45. The molecular weight excluding hydrogens is 276 g/mol. The van der Waals surface area contributed by atoms with Gasteiger partial charge in [0.05, 0.1) is 4.34 Å². The highest BCUT2D eigenvalue weighted by molar-refractivity contribution is 7.16. The molecule has 1 aromatic rings. The Morgan fingerprint density at radius 3 is 2.79 bits per heavy atom. The first kappa shape index (κ1) is 15.3. The molecule has 108 valence electrons. The molecule has 1 aliphatic heterocycles. The standard InChI is InChI=1S/C15H25ClN2S/c1-5-17-13-8-9-18(11(3)10(13)2)12(4)14-6-7-15(16)19-14/h6-7,10-13,17H,5,8-9H2,1-4H3. The summed E-state index contributed by atoms with van der Waals surface area (Å²) in [6.45, 7) is 11.5. The molecule has 0 amide bonds. The van der Waals surface area contributed by atoms with Crippen LogP contribution in [0.5, 0.6) is 0 Å². The summed E-state index contributed by atoms with van der Waals surface area (Å²) in [6.07, 6.45) is 1.24. The van der Waals surface area contributed by atoms with E-state index in [-0.39, 0.29) is 0 Å². The summed E-state index contributed by atoms with van der Waals surface area (Å²) >= 11 is 7.77. The molecule has 4 heteroatoms. The van der Waals surface area contributed by atoms with Gasteiger partial charge in [-0.3, -0.25) is 4.90 Å². The van der Waals surface area contributed by atoms with Crippen LogP contribution in [0, 0.1) is 5.92 Å². The topological polar surface area (TPSA) is 15.3 Å².